The van der Waals surface area contributed by atoms with E-state index in [-0.39, 0.29) is 12.4 Å². The highest BCUT2D eigenvalue weighted by atomic mass is 35.5. The van der Waals surface area contributed by atoms with Crippen LogP contribution in [0.25, 0.3) is 0 Å². The molecule has 0 radical (unpaired) electrons. The Morgan fingerprint density at radius 1 is 0.571 bits per heavy atom. The van der Waals surface area contributed by atoms with Crippen LogP contribution >= 0.6 is 12.4 Å². The van der Waals surface area contributed by atoms with Gasteiger partial charge in [0.15, 0.2) is 0 Å². The molecule has 0 unspecified atom stereocenters. The molecule has 28 heavy (non-hydrogen) atoms. The molecular formula is C25H38ClNO. The summed E-state index contributed by atoms with van der Waals surface area (Å²) in [4.78, 5) is 0. The molecule has 0 saturated heterocycles. The quantitative estimate of drug-likeness (QED) is 0.319. The lowest BCUT2D eigenvalue weighted by Gasteiger charge is -2.06. The van der Waals surface area contributed by atoms with E-state index in [0.717, 1.165) is 26.3 Å². The fraction of sp³-hybridized carbons (Fsp3) is 0.520. The van der Waals surface area contributed by atoms with Crippen LogP contribution in [0.1, 0.15) is 62.5 Å². The molecule has 156 valence electrons. The monoisotopic (exact) mass is 403 g/mol. The number of aryl methyl sites for hydroxylation is 1. The lowest BCUT2D eigenvalue weighted by molar-refractivity contribution is 0.126. The van der Waals surface area contributed by atoms with Crippen LogP contribution in [0, 0.1) is 0 Å². The van der Waals surface area contributed by atoms with Crippen molar-refractivity contribution in [2.75, 3.05) is 19.8 Å². The second-order valence-corrected chi connectivity index (χ2v) is 7.34. The van der Waals surface area contributed by atoms with E-state index >= 15 is 0 Å². The van der Waals surface area contributed by atoms with Crippen molar-refractivity contribution in [2.45, 2.75) is 64.3 Å². The van der Waals surface area contributed by atoms with E-state index in [2.05, 4.69) is 66.0 Å². The van der Waals surface area contributed by atoms with E-state index in [0.29, 0.717) is 0 Å². The Labute approximate surface area is 178 Å². The van der Waals surface area contributed by atoms with Crippen LogP contribution in [0.5, 0.6) is 0 Å². The summed E-state index contributed by atoms with van der Waals surface area (Å²) in [5.41, 5.74) is 2.81. The van der Waals surface area contributed by atoms with Gasteiger partial charge in [0, 0.05) is 19.8 Å². The van der Waals surface area contributed by atoms with Crippen molar-refractivity contribution < 1.29 is 4.74 Å². The average molecular weight is 404 g/mol. The highest BCUT2D eigenvalue weighted by Gasteiger charge is 1.95. The second-order valence-electron chi connectivity index (χ2n) is 7.34. The molecule has 2 aromatic rings. The van der Waals surface area contributed by atoms with Crippen molar-refractivity contribution in [1.29, 1.82) is 0 Å². The van der Waals surface area contributed by atoms with Gasteiger partial charge in [-0.05, 0) is 49.8 Å². The molecule has 2 rings (SSSR count). The van der Waals surface area contributed by atoms with Gasteiger partial charge in [0.1, 0.15) is 0 Å². The predicted molar refractivity (Wildman–Crippen MR) is 123 cm³/mol. The fourth-order valence-corrected chi connectivity index (χ4v) is 3.27. The van der Waals surface area contributed by atoms with E-state index in [9.17, 15) is 0 Å². The Kier molecular flexibility index (Phi) is 15.6. The second kappa shape index (κ2) is 17.7. The Bertz CT molecular complexity index is 510. The molecule has 0 aliphatic heterocycles. The summed E-state index contributed by atoms with van der Waals surface area (Å²) in [5.74, 6) is 0. The van der Waals surface area contributed by atoms with Crippen LogP contribution in [0.15, 0.2) is 60.7 Å². The topological polar surface area (TPSA) is 21.3 Å². The SMILES string of the molecule is Cl.c1ccc(CCCCOCCCCCCCCNCc2ccccc2)cc1. The van der Waals surface area contributed by atoms with Gasteiger partial charge in [-0.25, -0.2) is 0 Å². The van der Waals surface area contributed by atoms with Gasteiger partial charge in [-0.3, -0.25) is 0 Å². The molecule has 2 nitrogen and oxygen atoms in total. The van der Waals surface area contributed by atoms with Gasteiger partial charge in [0.25, 0.3) is 0 Å². The number of unbranched alkanes of at least 4 members (excludes halogenated alkanes) is 6. The Morgan fingerprint density at radius 2 is 1.11 bits per heavy atom. The Balaban J connectivity index is 0.00000392. The van der Waals surface area contributed by atoms with Gasteiger partial charge in [-0.1, -0.05) is 86.3 Å². The van der Waals surface area contributed by atoms with Crippen LogP contribution < -0.4 is 5.32 Å². The maximum absolute atomic E-state index is 5.76. The van der Waals surface area contributed by atoms with E-state index in [1.54, 1.807) is 0 Å². The van der Waals surface area contributed by atoms with Crippen LogP contribution in [0.3, 0.4) is 0 Å². The van der Waals surface area contributed by atoms with Gasteiger partial charge >= 0.3 is 0 Å². The maximum Gasteiger partial charge on any atom is 0.0466 e. The molecule has 0 fully saturated rings. The van der Waals surface area contributed by atoms with Gasteiger partial charge in [-0.2, -0.15) is 0 Å². The third kappa shape index (κ3) is 12.9. The number of nitrogens with one attached hydrogen (secondary N) is 1. The van der Waals surface area contributed by atoms with Crippen molar-refractivity contribution >= 4 is 12.4 Å². The summed E-state index contributed by atoms with van der Waals surface area (Å²) in [6, 6.07) is 21.4. The van der Waals surface area contributed by atoms with Crippen molar-refractivity contribution in [2.24, 2.45) is 0 Å². The van der Waals surface area contributed by atoms with Crippen molar-refractivity contribution in [3.63, 3.8) is 0 Å². The van der Waals surface area contributed by atoms with E-state index in [1.807, 2.05) is 0 Å². The number of hydrogen-bond acceptors (Lipinski definition) is 2. The molecule has 0 heterocycles. The van der Waals surface area contributed by atoms with Gasteiger partial charge in [0.2, 0.25) is 0 Å². The first-order chi connectivity index (χ1) is 13.4. The first-order valence-electron chi connectivity index (χ1n) is 10.8. The summed E-state index contributed by atoms with van der Waals surface area (Å²) in [5, 5.41) is 3.53. The molecule has 1 N–H and O–H groups in total. The van der Waals surface area contributed by atoms with Crippen LogP contribution in [-0.2, 0) is 17.7 Å². The average Bonchev–Trinajstić information content (AvgIpc) is 2.72. The molecule has 2 aromatic carbocycles. The first kappa shape index (κ1) is 24.7. The Morgan fingerprint density at radius 3 is 1.79 bits per heavy atom. The largest absolute Gasteiger partial charge is 0.381 e. The minimum absolute atomic E-state index is 0. The summed E-state index contributed by atoms with van der Waals surface area (Å²) in [6.45, 7) is 3.97. The zero-order valence-electron chi connectivity index (χ0n) is 17.3. The van der Waals surface area contributed by atoms with Gasteiger partial charge in [-0.15, -0.1) is 12.4 Å². The molecule has 0 saturated carbocycles. The van der Waals surface area contributed by atoms with Crippen LogP contribution in [0.2, 0.25) is 0 Å². The molecule has 0 bridgehead atoms. The number of ether oxygens (including phenoxy) is 1. The minimum Gasteiger partial charge on any atom is -0.381 e. The lowest BCUT2D eigenvalue weighted by atomic mass is 10.1. The summed E-state index contributed by atoms with van der Waals surface area (Å²) >= 11 is 0. The van der Waals surface area contributed by atoms with Gasteiger partial charge < -0.3 is 10.1 Å². The molecule has 0 amide bonds. The van der Waals surface area contributed by atoms with Crippen LogP contribution in [0.4, 0.5) is 0 Å². The maximum atomic E-state index is 5.76. The highest BCUT2D eigenvalue weighted by molar-refractivity contribution is 5.85. The van der Waals surface area contributed by atoms with Crippen molar-refractivity contribution in [3.05, 3.63) is 71.8 Å². The third-order valence-corrected chi connectivity index (χ3v) is 4.91. The molecule has 0 spiro atoms. The summed E-state index contributed by atoms with van der Waals surface area (Å²) < 4.78 is 5.76. The zero-order chi connectivity index (χ0) is 18.8. The Hall–Kier alpha value is -1.35. The number of rotatable bonds is 16. The number of hydrogen-bond donors (Lipinski definition) is 1. The van der Waals surface area contributed by atoms with E-state index < -0.39 is 0 Å². The first-order valence-corrected chi connectivity index (χ1v) is 10.8. The van der Waals surface area contributed by atoms with E-state index in [4.69, 9.17) is 4.74 Å². The summed E-state index contributed by atoms with van der Waals surface area (Å²) in [7, 11) is 0. The molecule has 0 aliphatic carbocycles. The molecule has 0 atom stereocenters. The van der Waals surface area contributed by atoms with Crippen molar-refractivity contribution in [1.82, 2.24) is 5.32 Å². The zero-order valence-corrected chi connectivity index (χ0v) is 18.1. The standard InChI is InChI=1S/C25H37NO.ClH/c1(3-12-20-26-23-25-18-9-6-10-19-25)2-4-13-21-27-22-14-11-17-24-15-7-5-8-16-24;/h5-10,15-16,18-19,26H,1-4,11-14,17,20-23H2;1H. The highest BCUT2D eigenvalue weighted by Crippen LogP contribution is 2.07. The van der Waals surface area contributed by atoms with Gasteiger partial charge in [0.05, 0.1) is 0 Å². The normalized spacial score (nSPS) is 10.6. The third-order valence-electron chi connectivity index (χ3n) is 4.91. The number of benzene rings is 2. The smallest absolute Gasteiger partial charge is 0.0466 e. The molecule has 0 aromatic heterocycles. The minimum atomic E-state index is 0. The fourth-order valence-electron chi connectivity index (χ4n) is 3.27. The predicted octanol–water partition coefficient (Wildman–Crippen LogP) is 6.58. The summed E-state index contributed by atoms with van der Waals surface area (Å²) in [6.07, 6.45) is 11.4. The molecular weight excluding hydrogens is 366 g/mol. The molecule has 3 heteroatoms. The van der Waals surface area contributed by atoms with Crippen LogP contribution in [-0.4, -0.2) is 19.8 Å². The van der Waals surface area contributed by atoms with E-state index in [1.165, 1.54) is 68.9 Å². The lowest BCUT2D eigenvalue weighted by Crippen LogP contribution is -2.14. The van der Waals surface area contributed by atoms with Crippen molar-refractivity contribution in [3.8, 4) is 0 Å². The molecule has 0 aliphatic rings. The number of halogens is 1.